The molecular weight excluding hydrogens is 420 g/mol. The van der Waals surface area contributed by atoms with Gasteiger partial charge in [-0.15, -0.1) is 0 Å². The van der Waals surface area contributed by atoms with Crippen LogP contribution in [0.5, 0.6) is 5.75 Å². The second kappa shape index (κ2) is 8.33. The first kappa shape index (κ1) is 20.2. The molecule has 0 aliphatic heterocycles. The van der Waals surface area contributed by atoms with Crippen LogP contribution < -0.4 is 10.1 Å². The molecule has 2 aromatic heterocycles. The van der Waals surface area contributed by atoms with Gasteiger partial charge in [0.15, 0.2) is 15.6 Å². The summed E-state index contributed by atoms with van der Waals surface area (Å²) in [5.41, 5.74) is 3.61. The first-order valence-corrected chi connectivity index (χ1v) is 11.9. The Morgan fingerprint density at radius 3 is 2.67 bits per heavy atom. The molecule has 0 unspecified atom stereocenters. The number of oxazole rings is 1. The van der Waals surface area contributed by atoms with Gasteiger partial charge in [-0.25, -0.2) is 13.4 Å². The van der Waals surface area contributed by atoms with E-state index in [0.29, 0.717) is 17.2 Å². The van der Waals surface area contributed by atoms with Crippen molar-refractivity contribution in [2.24, 2.45) is 0 Å². The molecule has 4 rings (SSSR count). The molecule has 2 aromatic carbocycles. The molecule has 0 amide bonds. The average Bonchev–Trinajstić information content (AvgIpc) is 3.46. The molecule has 8 heteroatoms. The van der Waals surface area contributed by atoms with E-state index in [1.807, 2.05) is 29.6 Å². The molecule has 0 aliphatic carbocycles. The van der Waals surface area contributed by atoms with Crippen LogP contribution in [0.3, 0.4) is 0 Å². The zero-order valence-electron chi connectivity index (χ0n) is 16.5. The van der Waals surface area contributed by atoms with Crippen molar-refractivity contribution in [3.05, 3.63) is 65.5 Å². The summed E-state index contributed by atoms with van der Waals surface area (Å²) in [7, 11) is -1.83. The molecule has 2 heterocycles. The highest BCUT2D eigenvalue weighted by molar-refractivity contribution is 7.91. The van der Waals surface area contributed by atoms with E-state index in [4.69, 9.17) is 9.15 Å². The van der Waals surface area contributed by atoms with E-state index in [-0.39, 0.29) is 16.7 Å². The lowest BCUT2D eigenvalue weighted by molar-refractivity contribution is 0.416. The summed E-state index contributed by atoms with van der Waals surface area (Å²) < 4.78 is 35.6. The third-order valence-corrected chi connectivity index (χ3v) is 7.07. The number of anilines is 2. The quantitative estimate of drug-likeness (QED) is 0.402. The Morgan fingerprint density at radius 2 is 1.93 bits per heavy atom. The fraction of sp³-hybridized carbons (Fsp3) is 0.136. The molecule has 0 bridgehead atoms. The normalized spacial score (nSPS) is 11.4. The maximum Gasteiger partial charge on any atom is 0.299 e. The fourth-order valence-electron chi connectivity index (χ4n) is 3.01. The molecule has 0 radical (unpaired) electrons. The van der Waals surface area contributed by atoms with E-state index >= 15 is 0 Å². The predicted octanol–water partition coefficient (Wildman–Crippen LogP) is 5.62. The zero-order valence-corrected chi connectivity index (χ0v) is 18.1. The van der Waals surface area contributed by atoms with Gasteiger partial charge in [0.05, 0.1) is 29.6 Å². The number of hydrogen-bond donors (Lipinski definition) is 1. The molecule has 0 saturated carbocycles. The smallest absolute Gasteiger partial charge is 0.299 e. The van der Waals surface area contributed by atoms with Gasteiger partial charge in [0, 0.05) is 5.56 Å². The molecule has 6 nitrogen and oxygen atoms in total. The van der Waals surface area contributed by atoms with Crippen molar-refractivity contribution in [2.45, 2.75) is 11.8 Å². The molecule has 0 atom stereocenters. The maximum absolute atomic E-state index is 12.2. The number of hydrogen-bond acceptors (Lipinski definition) is 7. The van der Waals surface area contributed by atoms with Crippen molar-refractivity contribution < 1.29 is 17.6 Å². The standard InChI is InChI=1S/C22H20N2O4S2/c1-3-30(25,26)18-7-8-20(27-2)19(12-18)24-22-23-13-21(28-22)16-6-4-5-15(11-16)17-9-10-29-14-17/h4-14H,3H2,1-2H3,(H,23,24). The summed E-state index contributed by atoms with van der Waals surface area (Å²) in [4.78, 5) is 4.50. The van der Waals surface area contributed by atoms with E-state index in [0.717, 1.165) is 16.7 Å². The Labute approximate surface area is 179 Å². The Morgan fingerprint density at radius 1 is 1.10 bits per heavy atom. The molecule has 0 fully saturated rings. The summed E-state index contributed by atoms with van der Waals surface area (Å²) in [5.74, 6) is 1.11. The summed E-state index contributed by atoms with van der Waals surface area (Å²) in [5, 5.41) is 7.16. The average molecular weight is 441 g/mol. The van der Waals surface area contributed by atoms with E-state index in [9.17, 15) is 8.42 Å². The van der Waals surface area contributed by atoms with Crippen LogP contribution in [0.2, 0.25) is 0 Å². The number of thiophene rings is 1. The predicted molar refractivity (Wildman–Crippen MR) is 119 cm³/mol. The molecule has 0 spiro atoms. The van der Waals surface area contributed by atoms with Crippen LogP contribution in [0.15, 0.2) is 74.8 Å². The largest absolute Gasteiger partial charge is 0.495 e. The van der Waals surface area contributed by atoms with Gasteiger partial charge in [-0.1, -0.05) is 25.1 Å². The number of aromatic nitrogens is 1. The highest BCUT2D eigenvalue weighted by Gasteiger charge is 2.16. The van der Waals surface area contributed by atoms with Crippen molar-refractivity contribution >= 4 is 32.9 Å². The molecule has 1 N–H and O–H groups in total. The molecule has 4 aromatic rings. The van der Waals surface area contributed by atoms with Gasteiger partial charge in [0.1, 0.15) is 5.75 Å². The van der Waals surface area contributed by atoms with Gasteiger partial charge in [-0.2, -0.15) is 11.3 Å². The lowest BCUT2D eigenvalue weighted by Gasteiger charge is -2.11. The second-order valence-electron chi connectivity index (χ2n) is 6.51. The van der Waals surface area contributed by atoms with E-state index in [1.54, 1.807) is 30.5 Å². The number of nitrogens with zero attached hydrogens (tertiary/aromatic N) is 1. The zero-order chi connectivity index (χ0) is 21.1. The lowest BCUT2D eigenvalue weighted by Crippen LogP contribution is -2.05. The number of benzene rings is 2. The van der Waals surface area contributed by atoms with Crippen LogP contribution in [0.4, 0.5) is 11.7 Å². The highest BCUT2D eigenvalue weighted by atomic mass is 32.2. The van der Waals surface area contributed by atoms with Crippen molar-refractivity contribution in [3.8, 4) is 28.2 Å². The monoisotopic (exact) mass is 440 g/mol. The summed E-state index contributed by atoms with van der Waals surface area (Å²) in [6.07, 6.45) is 1.63. The second-order valence-corrected chi connectivity index (χ2v) is 9.57. The number of sulfone groups is 1. The van der Waals surface area contributed by atoms with Gasteiger partial charge < -0.3 is 14.5 Å². The Kier molecular flexibility index (Phi) is 5.61. The van der Waals surface area contributed by atoms with Crippen molar-refractivity contribution in [1.29, 1.82) is 0 Å². The fourth-order valence-corrected chi connectivity index (χ4v) is 4.58. The van der Waals surface area contributed by atoms with Crippen LogP contribution in [0, 0.1) is 0 Å². The molecule has 0 saturated heterocycles. The van der Waals surface area contributed by atoms with Crippen LogP contribution in [0.25, 0.3) is 22.5 Å². The number of rotatable bonds is 7. The van der Waals surface area contributed by atoms with Crippen LogP contribution in [-0.4, -0.2) is 26.3 Å². The number of ether oxygens (including phenoxy) is 1. The van der Waals surface area contributed by atoms with Gasteiger partial charge in [0.25, 0.3) is 6.01 Å². The van der Waals surface area contributed by atoms with Crippen molar-refractivity contribution in [3.63, 3.8) is 0 Å². The van der Waals surface area contributed by atoms with Crippen molar-refractivity contribution in [2.75, 3.05) is 18.2 Å². The van der Waals surface area contributed by atoms with E-state index < -0.39 is 9.84 Å². The minimum absolute atomic E-state index is 0.0163. The van der Waals surface area contributed by atoms with E-state index in [1.165, 1.54) is 19.2 Å². The Bertz CT molecular complexity index is 1260. The van der Waals surface area contributed by atoms with Crippen LogP contribution >= 0.6 is 11.3 Å². The van der Waals surface area contributed by atoms with Gasteiger partial charge in [0.2, 0.25) is 0 Å². The Balaban J connectivity index is 1.63. The van der Waals surface area contributed by atoms with Crippen molar-refractivity contribution in [1.82, 2.24) is 4.98 Å². The molecular formula is C22H20N2O4S2. The lowest BCUT2D eigenvalue weighted by atomic mass is 10.1. The third-order valence-electron chi connectivity index (χ3n) is 4.66. The maximum atomic E-state index is 12.2. The molecule has 154 valence electrons. The van der Waals surface area contributed by atoms with E-state index in [2.05, 4.69) is 21.7 Å². The van der Waals surface area contributed by atoms with Crippen LogP contribution in [-0.2, 0) is 9.84 Å². The first-order valence-electron chi connectivity index (χ1n) is 9.27. The molecule has 0 aliphatic rings. The Hall–Kier alpha value is -3.10. The minimum Gasteiger partial charge on any atom is -0.495 e. The highest BCUT2D eigenvalue weighted by Crippen LogP contribution is 2.33. The van der Waals surface area contributed by atoms with Gasteiger partial charge in [-0.05, 0) is 52.2 Å². The molecule has 30 heavy (non-hydrogen) atoms. The minimum atomic E-state index is -3.35. The first-order chi connectivity index (χ1) is 14.5. The summed E-state index contributed by atoms with van der Waals surface area (Å²) in [6, 6.07) is 15.0. The summed E-state index contributed by atoms with van der Waals surface area (Å²) in [6.45, 7) is 1.61. The van der Waals surface area contributed by atoms with Crippen LogP contribution in [0.1, 0.15) is 6.92 Å². The van der Waals surface area contributed by atoms with Gasteiger partial charge >= 0.3 is 0 Å². The number of nitrogens with one attached hydrogen (secondary N) is 1. The van der Waals surface area contributed by atoms with Gasteiger partial charge in [-0.3, -0.25) is 0 Å². The topological polar surface area (TPSA) is 81.4 Å². The summed E-state index contributed by atoms with van der Waals surface area (Å²) >= 11 is 1.65. The number of methoxy groups -OCH3 is 1. The SMILES string of the molecule is CCS(=O)(=O)c1ccc(OC)c(Nc2ncc(-c3cccc(-c4ccsc4)c3)o2)c1. The third kappa shape index (κ3) is 4.10.